The summed E-state index contributed by atoms with van der Waals surface area (Å²) in [6, 6.07) is 10.1. The molecule has 0 saturated carbocycles. The van der Waals surface area contributed by atoms with Crippen LogP contribution in [0.4, 0.5) is 0 Å². The second kappa shape index (κ2) is 4.28. The van der Waals surface area contributed by atoms with Crippen LogP contribution in [-0.4, -0.2) is 13.1 Å². The van der Waals surface area contributed by atoms with Crippen molar-refractivity contribution in [1.29, 1.82) is 0 Å². The fraction of sp³-hybridized carbons (Fsp3) is 0.500. The zero-order chi connectivity index (χ0) is 10.8. The molecule has 0 aliphatic rings. The molecule has 78 valence electrons. The minimum absolute atomic E-state index is 0.366. The van der Waals surface area contributed by atoms with Gasteiger partial charge in [-0.1, -0.05) is 58.0 Å². The first-order valence-corrected chi connectivity index (χ1v) is 7.37. The molecule has 14 heavy (non-hydrogen) atoms. The van der Waals surface area contributed by atoms with E-state index in [9.17, 15) is 4.80 Å². The predicted molar refractivity (Wildman–Crippen MR) is 64.2 cm³/mol. The summed E-state index contributed by atoms with van der Waals surface area (Å²) in [6.07, 6.45) is 0. The Balaban J connectivity index is 3.13. The smallest absolute Gasteiger partial charge is 0.225 e. The van der Waals surface area contributed by atoms with Crippen LogP contribution in [0.2, 0.25) is 11.1 Å². The van der Waals surface area contributed by atoms with E-state index in [1.165, 1.54) is 0 Å². The van der Waals surface area contributed by atoms with E-state index in [2.05, 4.69) is 39.8 Å². The first-order chi connectivity index (χ1) is 6.49. The average molecular weight is 208 g/mol. The van der Waals surface area contributed by atoms with Crippen molar-refractivity contribution >= 4 is 13.5 Å². The van der Waals surface area contributed by atoms with E-state index >= 15 is 0 Å². The summed E-state index contributed by atoms with van der Waals surface area (Å²) in [4.78, 5) is 10.8. The summed E-state index contributed by atoms with van der Waals surface area (Å²) in [6.45, 7) is 8.50. The van der Waals surface area contributed by atoms with Gasteiger partial charge in [0.2, 0.25) is 8.32 Å². The molecule has 1 rings (SSSR count). The summed E-state index contributed by atoms with van der Waals surface area (Å²) < 4.78 is 0. The summed E-state index contributed by atoms with van der Waals surface area (Å²) in [5.74, 6) is 0. The van der Waals surface area contributed by atoms with Crippen molar-refractivity contribution in [2.75, 3.05) is 0 Å². The highest BCUT2D eigenvalue weighted by molar-refractivity contribution is 6.87. The maximum Gasteiger partial charge on any atom is 0.225 e. The largest absolute Gasteiger partial charge is 0.427 e. The van der Waals surface area contributed by atoms with E-state index in [-0.39, 0.29) is 0 Å². The Morgan fingerprint density at radius 3 is 1.71 bits per heavy atom. The lowest BCUT2D eigenvalue weighted by atomic mass is 10.4. The first kappa shape index (κ1) is 11.5. The van der Waals surface area contributed by atoms with Crippen LogP contribution in [0.5, 0.6) is 0 Å². The Morgan fingerprint density at radius 1 is 0.929 bits per heavy atom. The molecule has 1 aromatic carbocycles. The molecular weight excluding hydrogens is 188 g/mol. The summed E-state index contributed by atoms with van der Waals surface area (Å²) in [5.41, 5.74) is 0.731. The van der Waals surface area contributed by atoms with Crippen LogP contribution < -0.4 is 5.19 Å². The van der Waals surface area contributed by atoms with Gasteiger partial charge in [0.25, 0.3) is 0 Å². The highest BCUT2D eigenvalue weighted by Gasteiger charge is 2.40. The van der Waals surface area contributed by atoms with Gasteiger partial charge in [0.1, 0.15) is 0 Å². The van der Waals surface area contributed by atoms with Crippen LogP contribution >= 0.6 is 0 Å². The van der Waals surface area contributed by atoms with Gasteiger partial charge in [-0.05, 0) is 16.3 Å². The molecule has 1 N–H and O–H groups in total. The Labute approximate surface area is 87.9 Å². The SMILES string of the molecule is CC(C)[Si](O)(c1ccccc1)C(C)C. The second-order valence-electron chi connectivity index (χ2n) is 4.50. The molecule has 0 unspecified atom stereocenters. The quantitative estimate of drug-likeness (QED) is 0.757. The summed E-state index contributed by atoms with van der Waals surface area (Å²) >= 11 is 0. The van der Waals surface area contributed by atoms with E-state index < -0.39 is 8.32 Å². The Kier molecular flexibility index (Phi) is 3.51. The average Bonchev–Trinajstić information content (AvgIpc) is 2.17. The second-order valence-corrected chi connectivity index (χ2v) is 9.04. The third-order valence-electron chi connectivity index (χ3n) is 3.00. The van der Waals surface area contributed by atoms with E-state index in [1.54, 1.807) is 0 Å². The number of hydrogen-bond acceptors (Lipinski definition) is 1. The van der Waals surface area contributed by atoms with Gasteiger partial charge in [0.05, 0.1) is 0 Å². The zero-order valence-corrected chi connectivity index (χ0v) is 10.5. The van der Waals surface area contributed by atoms with E-state index in [0.717, 1.165) is 5.19 Å². The third-order valence-corrected chi connectivity index (χ3v) is 7.78. The topological polar surface area (TPSA) is 20.2 Å². The third kappa shape index (κ3) is 1.91. The van der Waals surface area contributed by atoms with Gasteiger partial charge in [0, 0.05) is 0 Å². The molecule has 0 amide bonds. The van der Waals surface area contributed by atoms with Crippen LogP contribution in [-0.2, 0) is 0 Å². The summed E-state index contributed by atoms with van der Waals surface area (Å²) in [5, 5.41) is 1.16. The van der Waals surface area contributed by atoms with E-state index in [4.69, 9.17) is 0 Å². The molecule has 0 radical (unpaired) electrons. The monoisotopic (exact) mass is 208 g/mol. The molecule has 0 heterocycles. The fourth-order valence-corrected chi connectivity index (χ4v) is 5.43. The van der Waals surface area contributed by atoms with E-state index in [1.807, 2.05) is 18.2 Å². The number of rotatable bonds is 3. The molecule has 0 aliphatic heterocycles. The standard InChI is InChI=1S/C12H20OSi/c1-10(2)14(13,11(3)4)12-8-6-5-7-9-12/h5-11,13H,1-4H3. The molecule has 1 aromatic rings. The van der Waals surface area contributed by atoms with Crippen molar-refractivity contribution in [3.8, 4) is 0 Å². The van der Waals surface area contributed by atoms with Gasteiger partial charge in [-0.3, -0.25) is 0 Å². The van der Waals surface area contributed by atoms with Crippen LogP contribution in [0.3, 0.4) is 0 Å². The minimum atomic E-state index is -2.28. The van der Waals surface area contributed by atoms with Gasteiger partial charge < -0.3 is 4.80 Å². The van der Waals surface area contributed by atoms with Crippen LogP contribution in [0.15, 0.2) is 30.3 Å². The van der Waals surface area contributed by atoms with Crippen molar-refractivity contribution in [3.05, 3.63) is 30.3 Å². The molecule has 0 saturated heterocycles. The van der Waals surface area contributed by atoms with Crippen molar-refractivity contribution in [2.45, 2.75) is 38.8 Å². The van der Waals surface area contributed by atoms with E-state index in [0.29, 0.717) is 11.1 Å². The van der Waals surface area contributed by atoms with Crippen molar-refractivity contribution in [1.82, 2.24) is 0 Å². The molecule has 0 spiro atoms. The first-order valence-electron chi connectivity index (χ1n) is 5.27. The highest BCUT2D eigenvalue weighted by Crippen LogP contribution is 2.28. The Morgan fingerprint density at radius 2 is 1.36 bits per heavy atom. The van der Waals surface area contributed by atoms with Crippen LogP contribution in [0.25, 0.3) is 0 Å². The maximum absolute atomic E-state index is 10.8. The Hall–Kier alpha value is -0.603. The molecule has 0 fully saturated rings. The van der Waals surface area contributed by atoms with Crippen molar-refractivity contribution in [3.63, 3.8) is 0 Å². The lowest BCUT2D eigenvalue weighted by molar-refractivity contribution is 0.513. The highest BCUT2D eigenvalue weighted by atomic mass is 28.4. The normalized spacial score (nSPS) is 12.5. The van der Waals surface area contributed by atoms with Crippen molar-refractivity contribution < 1.29 is 4.80 Å². The molecule has 0 bridgehead atoms. The lowest BCUT2D eigenvalue weighted by Gasteiger charge is -2.33. The summed E-state index contributed by atoms with van der Waals surface area (Å²) in [7, 11) is -2.28. The van der Waals surface area contributed by atoms with Gasteiger partial charge in [-0.2, -0.15) is 0 Å². The number of benzene rings is 1. The lowest BCUT2D eigenvalue weighted by Crippen LogP contribution is -2.53. The predicted octanol–water partition coefficient (Wildman–Crippen LogP) is 2.65. The molecule has 2 heteroatoms. The molecule has 0 aromatic heterocycles. The Bertz CT molecular complexity index is 272. The van der Waals surface area contributed by atoms with Gasteiger partial charge >= 0.3 is 0 Å². The maximum atomic E-state index is 10.8. The molecule has 0 atom stereocenters. The zero-order valence-electron chi connectivity index (χ0n) is 9.49. The minimum Gasteiger partial charge on any atom is -0.427 e. The fourth-order valence-electron chi connectivity index (χ4n) is 2.04. The molecule has 0 aliphatic carbocycles. The van der Waals surface area contributed by atoms with Gasteiger partial charge in [-0.25, -0.2) is 0 Å². The number of hydrogen-bond donors (Lipinski definition) is 1. The molecule has 1 nitrogen and oxygen atoms in total. The van der Waals surface area contributed by atoms with Crippen LogP contribution in [0.1, 0.15) is 27.7 Å². The van der Waals surface area contributed by atoms with Gasteiger partial charge in [0.15, 0.2) is 0 Å². The van der Waals surface area contributed by atoms with Crippen molar-refractivity contribution in [2.24, 2.45) is 0 Å². The van der Waals surface area contributed by atoms with Gasteiger partial charge in [-0.15, -0.1) is 0 Å². The molecular formula is C12H20OSi. The van der Waals surface area contributed by atoms with Crippen LogP contribution in [0, 0.1) is 0 Å².